The number of alkyl carbamates (subject to hydrolysis) is 1. The molecule has 0 spiro atoms. The van der Waals surface area contributed by atoms with E-state index >= 15 is 0 Å². The average Bonchev–Trinajstić information content (AvgIpc) is 2.60. The first kappa shape index (κ1) is 21.1. The minimum atomic E-state index is -0.318. The Balaban J connectivity index is 1.86. The predicted octanol–water partition coefficient (Wildman–Crippen LogP) is 5.02. The van der Waals surface area contributed by atoms with E-state index in [0.29, 0.717) is 17.7 Å². The maximum atomic E-state index is 12.3. The molecule has 4 nitrogen and oxygen atoms in total. The summed E-state index contributed by atoms with van der Waals surface area (Å²) in [6.45, 7) is 9.07. The van der Waals surface area contributed by atoms with Gasteiger partial charge in [0.15, 0.2) is 0 Å². The van der Waals surface area contributed by atoms with Gasteiger partial charge in [0, 0.05) is 12.5 Å². The zero-order chi connectivity index (χ0) is 18.9. The minimum absolute atomic E-state index is 0.0240. The highest BCUT2D eigenvalue weighted by atomic mass is 32.2. The Labute approximate surface area is 162 Å². The number of hydrogen-bond acceptors (Lipinski definition) is 4. The third-order valence-electron chi connectivity index (χ3n) is 4.51. The number of benzene rings is 1. The molecule has 1 fully saturated rings. The Bertz CT molecular complexity index is 535. The van der Waals surface area contributed by atoms with Crippen molar-refractivity contribution in [3.8, 4) is 0 Å². The van der Waals surface area contributed by atoms with Crippen LogP contribution in [0.2, 0.25) is 0 Å². The van der Waals surface area contributed by atoms with Crippen LogP contribution in [0, 0.1) is 5.92 Å². The zero-order valence-electron chi connectivity index (χ0n) is 16.4. The number of nitrogens with one attached hydrogen (secondary N) is 1. The monoisotopic (exact) mass is 379 g/mol. The van der Waals surface area contributed by atoms with Gasteiger partial charge in [-0.05, 0) is 49.7 Å². The number of carbonyl (C=O) groups is 1. The third-order valence-corrected chi connectivity index (χ3v) is 5.80. The maximum absolute atomic E-state index is 12.3. The van der Waals surface area contributed by atoms with E-state index in [1.54, 1.807) is 0 Å². The predicted molar refractivity (Wildman–Crippen MR) is 108 cm³/mol. The molecule has 1 aliphatic carbocycles. The van der Waals surface area contributed by atoms with Gasteiger partial charge >= 0.3 is 6.09 Å². The van der Waals surface area contributed by atoms with Crippen molar-refractivity contribution in [1.29, 1.82) is 0 Å². The van der Waals surface area contributed by atoms with Gasteiger partial charge in [-0.25, -0.2) is 4.79 Å². The first-order chi connectivity index (χ1) is 12.4. The van der Waals surface area contributed by atoms with Crippen molar-refractivity contribution in [3.05, 3.63) is 35.9 Å². The SMILES string of the molecule is CC(C)OC1CC[C@H](OC(=O)NCc2ccccc2)[C@H](CSC(C)C)C1. The topological polar surface area (TPSA) is 47.6 Å². The number of hydrogen-bond donors (Lipinski definition) is 1. The van der Waals surface area contributed by atoms with E-state index in [2.05, 4.69) is 33.0 Å². The summed E-state index contributed by atoms with van der Waals surface area (Å²) < 4.78 is 11.8. The fraction of sp³-hybridized carbons (Fsp3) is 0.667. The molecule has 0 aliphatic heterocycles. The number of carbonyl (C=O) groups excluding carboxylic acids is 1. The molecule has 0 aromatic heterocycles. The van der Waals surface area contributed by atoms with Crippen LogP contribution >= 0.6 is 11.8 Å². The van der Waals surface area contributed by atoms with E-state index in [0.717, 1.165) is 30.6 Å². The van der Waals surface area contributed by atoms with Crippen molar-refractivity contribution >= 4 is 17.9 Å². The highest BCUT2D eigenvalue weighted by Crippen LogP contribution is 2.33. The molecular formula is C21H33NO3S. The summed E-state index contributed by atoms with van der Waals surface area (Å²) in [5.74, 6) is 1.36. The van der Waals surface area contributed by atoms with Gasteiger partial charge in [-0.3, -0.25) is 0 Å². The van der Waals surface area contributed by atoms with E-state index < -0.39 is 0 Å². The van der Waals surface area contributed by atoms with Crippen LogP contribution in [0.3, 0.4) is 0 Å². The van der Waals surface area contributed by atoms with E-state index in [1.807, 2.05) is 42.1 Å². The van der Waals surface area contributed by atoms with Crippen molar-refractivity contribution in [1.82, 2.24) is 5.32 Å². The van der Waals surface area contributed by atoms with Crippen LogP contribution in [-0.4, -0.2) is 35.4 Å². The molecule has 5 heteroatoms. The third kappa shape index (κ3) is 7.58. The van der Waals surface area contributed by atoms with Crippen LogP contribution in [0.4, 0.5) is 4.79 Å². The molecule has 26 heavy (non-hydrogen) atoms. The first-order valence-electron chi connectivity index (χ1n) is 9.69. The van der Waals surface area contributed by atoms with Crippen molar-refractivity contribution in [3.63, 3.8) is 0 Å². The number of thioether (sulfide) groups is 1. The van der Waals surface area contributed by atoms with E-state index in [4.69, 9.17) is 9.47 Å². The highest BCUT2D eigenvalue weighted by molar-refractivity contribution is 7.99. The summed E-state index contributed by atoms with van der Waals surface area (Å²) in [6, 6.07) is 9.90. The highest BCUT2D eigenvalue weighted by Gasteiger charge is 2.34. The van der Waals surface area contributed by atoms with Crippen molar-refractivity contribution in [2.24, 2.45) is 5.92 Å². The lowest BCUT2D eigenvalue weighted by Gasteiger charge is -2.36. The lowest BCUT2D eigenvalue weighted by Crippen LogP contribution is -2.40. The standard InChI is InChI=1S/C21H33NO3S/c1-15(2)24-19-10-11-20(18(12-19)14-26-16(3)4)25-21(23)22-13-17-8-6-5-7-9-17/h5-9,15-16,18-20H,10-14H2,1-4H3,(H,22,23)/t18-,19?,20-/m0/s1. The number of rotatable bonds is 8. The molecule has 1 aromatic carbocycles. The summed E-state index contributed by atoms with van der Waals surface area (Å²) in [4.78, 5) is 12.3. The second-order valence-electron chi connectivity index (χ2n) is 7.54. The Kier molecular flexibility index (Phi) is 8.79. The van der Waals surface area contributed by atoms with Crippen molar-refractivity contribution in [2.45, 2.75) is 77.1 Å². The fourth-order valence-corrected chi connectivity index (χ4v) is 4.28. The van der Waals surface area contributed by atoms with Crippen LogP contribution in [-0.2, 0) is 16.0 Å². The molecule has 2 rings (SSSR count). The molecule has 146 valence electrons. The molecule has 1 N–H and O–H groups in total. The molecule has 0 radical (unpaired) electrons. The van der Waals surface area contributed by atoms with E-state index in [-0.39, 0.29) is 24.4 Å². The lowest BCUT2D eigenvalue weighted by molar-refractivity contribution is -0.0557. The normalized spacial score (nSPS) is 23.2. The van der Waals surface area contributed by atoms with Gasteiger partial charge in [-0.1, -0.05) is 44.2 Å². The van der Waals surface area contributed by atoms with Crippen LogP contribution < -0.4 is 5.32 Å². The lowest BCUT2D eigenvalue weighted by atomic mass is 9.85. The van der Waals surface area contributed by atoms with E-state index in [1.165, 1.54) is 0 Å². The Morgan fingerprint density at radius 3 is 2.58 bits per heavy atom. The molecule has 1 amide bonds. The molecule has 0 saturated heterocycles. The number of amides is 1. The second-order valence-corrected chi connectivity index (χ2v) is 9.15. The Hall–Kier alpha value is -1.20. The Morgan fingerprint density at radius 1 is 1.19 bits per heavy atom. The summed E-state index contributed by atoms with van der Waals surface area (Å²) in [5, 5.41) is 3.45. The van der Waals surface area contributed by atoms with Gasteiger partial charge in [0.25, 0.3) is 0 Å². The second kappa shape index (κ2) is 10.8. The minimum Gasteiger partial charge on any atom is -0.446 e. The van der Waals surface area contributed by atoms with Crippen LogP contribution in [0.5, 0.6) is 0 Å². The van der Waals surface area contributed by atoms with Gasteiger partial charge in [0.05, 0.1) is 12.2 Å². The summed E-state index contributed by atoms with van der Waals surface area (Å²) >= 11 is 1.93. The molecular weight excluding hydrogens is 346 g/mol. The molecule has 1 aromatic rings. The van der Waals surface area contributed by atoms with Gasteiger partial charge in [0.2, 0.25) is 0 Å². The smallest absolute Gasteiger partial charge is 0.407 e. The zero-order valence-corrected chi connectivity index (χ0v) is 17.3. The molecule has 0 heterocycles. The van der Waals surface area contributed by atoms with Crippen LogP contribution in [0.1, 0.15) is 52.5 Å². The number of ether oxygens (including phenoxy) is 2. The van der Waals surface area contributed by atoms with Crippen LogP contribution in [0.15, 0.2) is 30.3 Å². The van der Waals surface area contributed by atoms with Gasteiger partial charge < -0.3 is 14.8 Å². The molecule has 1 saturated carbocycles. The molecule has 1 aliphatic rings. The van der Waals surface area contributed by atoms with E-state index in [9.17, 15) is 4.79 Å². The molecule has 1 unspecified atom stereocenters. The van der Waals surface area contributed by atoms with Gasteiger partial charge in [-0.2, -0.15) is 11.8 Å². The Morgan fingerprint density at radius 2 is 1.92 bits per heavy atom. The summed E-state index contributed by atoms with van der Waals surface area (Å²) in [6.07, 6.45) is 2.97. The summed E-state index contributed by atoms with van der Waals surface area (Å²) in [5.41, 5.74) is 1.07. The summed E-state index contributed by atoms with van der Waals surface area (Å²) in [7, 11) is 0. The molecule has 3 atom stereocenters. The van der Waals surface area contributed by atoms with Crippen molar-refractivity contribution < 1.29 is 14.3 Å². The first-order valence-corrected chi connectivity index (χ1v) is 10.7. The van der Waals surface area contributed by atoms with Gasteiger partial charge in [0.1, 0.15) is 6.10 Å². The van der Waals surface area contributed by atoms with Crippen LogP contribution in [0.25, 0.3) is 0 Å². The van der Waals surface area contributed by atoms with Crippen molar-refractivity contribution in [2.75, 3.05) is 5.75 Å². The fourth-order valence-electron chi connectivity index (χ4n) is 3.30. The van der Waals surface area contributed by atoms with Gasteiger partial charge in [-0.15, -0.1) is 0 Å². The maximum Gasteiger partial charge on any atom is 0.407 e. The molecule has 0 bridgehead atoms. The quantitative estimate of drug-likeness (QED) is 0.689. The largest absolute Gasteiger partial charge is 0.446 e. The average molecular weight is 380 g/mol.